The zero-order valence-corrected chi connectivity index (χ0v) is 11.2. The van der Waals surface area contributed by atoms with Gasteiger partial charge in [0.2, 0.25) is 11.5 Å². The van der Waals surface area contributed by atoms with Gasteiger partial charge in [-0.25, -0.2) is 4.79 Å². The fourth-order valence-electron chi connectivity index (χ4n) is 2.05. The lowest BCUT2D eigenvalue weighted by Crippen LogP contribution is -2.06. The maximum absolute atomic E-state index is 11.9. The Labute approximate surface area is 113 Å². The first-order chi connectivity index (χ1) is 9.58. The number of fused-ring (bicyclic) bond motifs is 1. The van der Waals surface area contributed by atoms with Crippen molar-refractivity contribution in [2.45, 2.75) is 6.61 Å². The van der Waals surface area contributed by atoms with Crippen LogP contribution < -0.4 is 19.8 Å². The zero-order chi connectivity index (χ0) is 14.9. The van der Waals surface area contributed by atoms with E-state index in [4.69, 9.17) is 23.7 Å². The zero-order valence-electron chi connectivity index (χ0n) is 11.2. The van der Waals surface area contributed by atoms with E-state index in [2.05, 4.69) is 0 Å². The van der Waals surface area contributed by atoms with E-state index < -0.39 is 18.0 Å². The van der Waals surface area contributed by atoms with Crippen LogP contribution in [0.4, 0.5) is 0 Å². The van der Waals surface area contributed by atoms with Crippen molar-refractivity contribution in [1.29, 1.82) is 0 Å². The van der Waals surface area contributed by atoms with Crippen LogP contribution in [-0.4, -0.2) is 31.5 Å². The smallest absolute Gasteiger partial charge is 0.347 e. The van der Waals surface area contributed by atoms with E-state index in [1.54, 1.807) is 0 Å². The fraction of sp³-hybridized carbons (Fsp3) is 0.308. The molecule has 0 aliphatic heterocycles. The molecule has 7 nitrogen and oxygen atoms in total. The predicted octanol–water partition coefficient (Wildman–Crippen LogP) is 1.02. The highest BCUT2D eigenvalue weighted by Crippen LogP contribution is 2.49. The third kappa shape index (κ3) is 1.92. The number of phenols is 1. The highest BCUT2D eigenvalue weighted by molar-refractivity contribution is 5.97. The Hall–Kier alpha value is -2.41. The lowest BCUT2D eigenvalue weighted by Gasteiger charge is -2.16. The van der Waals surface area contributed by atoms with Gasteiger partial charge in [0.25, 0.3) is 0 Å². The summed E-state index contributed by atoms with van der Waals surface area (Å²) in [5, 5.41) is 19.4. The van der Waals surface area contributed by atoms with Crippen molar-refractivity contribution in [3.8, 4) is 23.0 Å². The fourth-order valence-corrected chi connectivity index (χ4v) is 2.05. The molecule has 0 saturated heterocycles. The van der Waals surface area contributed by atoms with Crippen molar-refractivity contribution in [2.75, 3.05) is 21.3 Å². The molecule has 2 rings (SSSR count). The monoisotopic (exact) mass is 282 g/mol. The van der Waals surface area contributed by atoms with Gasteiger partial charge in [-0.3, -0.25) is 0 Å². The first-order valence-electron chi connectivity index (χ1n) is 5.67. The molecule has 1 heterocycles. The lowest BCUT2D eigenvalue weighted by molar-refractivity contribution is 0.240. The summed E-state index contributed by atoms with van der Waals surface area (Å²) in [4.78, 5) is 11.9. The van der Waals surface area contributed by atoms with Crippen LogP contribution in [-0.2, 0) is 6.61 Å². The van der Waals surface area contributed by atoms with Gasteiger partial charge in [0.1, 0.15) is 17.8 Å². The van der Waals surface area contributed by atoms with Gasteiger partial charge in [-0.2, -0.15) is 0 Å². The Morgan fingerprint density at radius 1 is 1.10 bits per heavy atom. The molecular weight excluding hydrogens is 268 g/mol. The first-order valence-corrected chi connectivity index (χ1v) is 5.67. The van der Waals surface area contributed by atoms with Crippen molar-refractivity contribution >= 4 is 10.8 Å². The molecular formula is C13H14O7. The summed E-state index contributed by atoms with van der Waals surface area (Å²) in [6, 6.07) is 1.40. The molecule has 0 aliphatic rings. The topological polar surface area (TPSA) is 98.4 Å². The second-order valence-corrected chi connectivity index (χ2v) is 3.90. The van der Waals surface area contributed by atoms with Crippen LogP contribution in [0.15, 0.2) is 15.3 Å². The molecule has 7 heteroatoms. The van der Waals surface area contributed by atoms with Gasteiger partial charge < -0.3 is 28.8 Å². The predicted molar refractivity (Wildman–Crippen MR) is 69.7 cm³/mol. The van der Waals surface area contributed by atoms with E-state index in [1.807, 2.05) is 0 Å². The van der Waals surface area contributed by atoms with Gasteiger partial charge in [-0.05, 0) is 6.07 Å². The van der Waals surface area contributed by atoms with Crippen LogP contribution in [0.3, 0.4) is 0 Å². The molecule has 2 N–H and O–H groups in total. The summed E-state index contributed by atoms with van der Waals surface area (Å²) in [5.41, 5.74) is -0.802. The number of phenolic OH excluding ortho intramolecular Hbond substituents is 1. The highest BCUT2D eigenvalue weighted by Gasteiger charge is 2.24. The number of hydrogen-bond donors (Lipinski definition) is 2. The largest absolute Gasteiger partial charge is 0.504 e. The van der Waals surface area contributed by atoms with E-state index in [-0.39, 0.29) is 33.8 Å². The number of aliphatic hydroxyl groups is 1. The second kappa shape index (κ2) is 5.30. The highest BCUT2D eigenvalue weighted by atomic mass is 16.5. The second-order valence-electron chi connectivity index (χ2n) is 3.90. The van der Waals surface area contributed by atoms with Gasteiger partial charge in [0, 0.05) is 5.39 Å². The molecule has 2 aromatic rings. The van der Waals surface area contributed by atoms with E-state index in [9.17, 15) is 9.90 Å². The average molecular weight is 282 g/mol. The Balaban J connectivity index is 3.04. The molecule has 20 heavy (non-hydrogen) atoms. The van der Waals surface area contributed by atoms with Gasteiger partial charge >= 0.3 is 5.63 Å². The number of benzene rings is 1. The van der Waals surface area contributed by atoms with Crippen LogP contribution in [0.5, 0.6) is 23.0 Å². The van der Waals surface area contributed by atoms with Crippen molar-refractivity contribution in [1.82, 2.24) is 0 Å². The molecule has 1 aromatic carbocycles. The van der Waals surface area contributed by atoms with Crippen molar-refractivity contribution in [3.63, 3.8) is 0 Å². The molecule has 0 aliphatic carbocycles. The molecule has 0 unspecified atom stereocenters. The quantitative estimate of drug-likeness (QED) is 0.863. The number of aliphatic hydroxyl groups excluding tert-OH is 1. The molecule has 0 saturated carbocycles. The number of methoxy groups -OCH3 is 3. The Kier molecular flexibility index (Phi) is 3.71. The van der Waals surface area contributed by atoms with Gasteiger partial charge in [-0.1, -0.05) is 0 Å². The minimum atomic E-state index is -0.802. The van der Waals surface area contributed by atoms with Gasteiger partial charge in [0.15, 0.2) is 11.5 Å². The normalized spacial score (nSPS) is 10.6. The molecule has 1 aromatic heterocycles. The Morgan fingerprint density at radius 2 is 1.70 bits per heavy atom. The summed E-state index contributed by atoms with van der Waals surface area (Å²) in [5.74, 6) is -0.0269. The van der Waals surface area contributed by atoms with Crippen LogP contribution >= 0.6 is 0 Å². The van der Waals surface area contributed by atoms with Crippen molar-refractivity contribution in [2.24, 2.45) is 0 Å². The third-order valence-electron chi connectivity index (χ3n) is 2.88. The van der Waals surface area contributed by atoms with Gasteiger partial charge in [-0.15, -0.1) is 0 Å². The molecule has 0 fully saturated rings. The summed E-state index contributed by atoms with van der Waals surface area (Å²) >= 11 is 0. The van der Waals surface area contributed by atoms with Crippen LogP contribution in [0, 0.1) is 0 Å². The van der Waals surface area contributed by atoms with Crippen LogP contribution in [0.2, 0.25) is 0 Å². The van der Waals surface area contributed by atoms with Crippen molar-refractivity contribution < 1.29 is 28.8 Å². The lowest BCUT2D eigenvalue weighted by atomic mass is 10.1. The van der Waals surface area contributed by atoms with Crippen LogP contribution in [0.25, 0.3) is 10.8 Å². The van der Waals surface area contributed by atoms with Gasteiger partial charge in [0.05, 0.1) is 21.3 Å². The maximum Gasteiger partial charge on any atom is 0.347 e. The van der Waals surface area contributed by atoms with E-state index in [1.165, 1.54) is 27.4 Å². The maximum atomic E-state index is 11.9. The molecule has 0 spiro atoms. The number of hydrogen-bond acceptors (Lipinski definition) is 7. The minimum absolute atomic E-state index is 0.0269. The molecule has 0 bridgehead atoms. The number of ether oxygens (including phenoxy) is 3. The molecule has 0 radical (unpaired) electrons. The van der Waals surface area contributed by atoms with Crippen LogP contribution in [0.1, 0.15) is 5.76 Å². The summed E-state index contributed by atoms with van der Waals surface area (Å²) < 4.78 is 20.3. The molecule has 0 atom stereocenters. The Morgan fingerprint density at radius 3 is 2.20 bits per heavy atom. The van der Waals surface area contributed by atoms with E-state index >= 15 is 0 Å². The van der Waals surface area contributed by atoms with Crippen molar-refractivity contribution in [3.05, 3.63) is 22.2 Å². The summed E-state index contributed by atoms with van der Waals surface area (Å²) in [7, 11) is 4.09. The van der Waals surface area contributed by atoms with E-state index in [0.29, 0.717) is 0 Å². The third-order valence-corrected chi connectivity index (χ3v) is 2.88. The molecule has 108 valence electrons. The Bertz CT molecular complexity index is 702. The van der Waals surface area contributed by atoms with E-state index in [0.717, 1.165) is 0 Å². The minimum Gasteiger partial charge on any atom is -0.504 e. The summed E-state index contributed by atoms with van der Waals surface area (Å²) in [6.07, 6.45) is 0. The average Bonchev–Trinajstić information content (AvgIpc) is 2.45. The number of aromatic hydroxyl groups is 1. The number of rotatable bonds is 4. The SMILES string of the molecule is COc1c(OC)c(O)c2c(=O)oc(CO)cc2c1OC. The molecule has 0 amide bonds. The first kappa shape index (κ1) is 14.0. The standard InChI is InChI=1S/C13H14O7/c1-17-10-7-4-6(5-14)20-13(16)8(7)9(15)11(18-2)12(10)19-3/h4,14-15H,5H2,1-3H3. The summed E-state index contributed by atoms with van der Waals surface area (Å²) in [6.45, 7) is -0.455.